The highest BCUT2D eigenvalue weighted by atomic mass is 31.2. The third-order valence-electron chi connectivity index (χ3n) is 10.5. The van der Waals surface area contributed by atoms with Crippen LogP contribution in [-0.4, -0.2) is 58.2 Å². The van der Waals surface area contributed by atoms with Crippen LogP contribution >= 0.6 is 14.7 Å². The molecule has 4 aromatic rings. The van der Waals surface area contributed by atoms with Crippen molar-refractivity contribution in [1.29, 1.82) is 0 Å². The van der Waals surface area contributed by atoms with E-state index in [4.69, 9.17) is 18.7 Å². The van der Waals surface area contributed by atoms with Gasteiger partial charge in [-0.05, 0) is 137 Å². The van der Waals surface area contributed by atoms with E-state index in [1.54, 1.807) is 7.11 Å². The first-order chi connectivity index (χ1) is 25.9. The fourth-order valence-corrected chi connectivity index (χ4v) is 13.4. The van der Waals surface area contributed by atoms with Gasteiger partial charge in [-0.25, -0.2) is 0 Å². The zero-order valence-electron chi connectivity index (χ0n) is 34.5. The minimum absolute atomic E-state index is 0.132. The standard InChI is InChI=1S/C23H32NO3P.C22H30NO3P/c1-6-26-24-22(2,3)17-19(18-23(24,4)5)27-28(25,20-13-9-7-10-14-20)21-15-11-8-12-16-21;1-21(2)16-18(17-22(3,4)23(21)25-5)26-27(24,19-12-8-6-9-13-19)20-14-10-7-11-15-20/h7-16,19H,6,17-18H2,1-5H3;6-15,18H,16-17H2,1-5H3. The van der Waals surface area contributed by atoms with E-state index < -0.39 is 14.7 Å². The summed E-state index contributed by atoms with van der Waals surface area (Å²) in [6.07, 6.45) is 2.72. The van der Waals surface area contributed by atoms with Crippen molar-refractivity contribution in [2.45, 2.75) is 122 Å². The first-order valence-electron chi connectivity index (χ1n) is 19.4. The van der Waals surface area contributed by atoms with Gasteiger partial charge < -0.3 is 13.9 Å². The Bertz CT molecular complexity index is 1780. The Kier molecular flexibility index (Phi) is 13.6. The van der Waals surface area contributed by atoms with Crippen LogP contribution in [0.5, 0.6) is 0 Å². The second-order valence-electron chi connectivity index (χ2n) is 17.2. The van der Waals surface area contributed by atoms with Crippen molar-refractivity contribution in [3.05, 3.63) is 121 Å². The number of rotatable bonds is 11. The molecule has 2 saturated heterocycles. The number of hydrogen-bond donors (Lipinski definition) is 0. The molecule has 0 N–H and O–H groups in total. The molecule has 0 aliphatic carbocycles. The molecule has 0 radical (unpaired) electrons. The Balaban J connectivity index is 0.000000211. The Labute approximate surface area is 330 Å². The van der Waals surface area contributed by atoms with Gasteiger partial charge in [0.05, 0.1) is 25.9 Å². The fraction of sp³-hybridized carbons (Fsp3) is 0.467. The predicted octanol–water partition coefficient (Wildman–Crippen LogP) is 9.42. The molecule has 0 spiro atoms. The summed E-state index contributed by atoms with van der Waals surface area (Å²) in [6, 6.07) is 38.3. The average molecular weight is 789 g/mol. The molecule has 2 fully saturated rings. The summed E-state index contributed by atoms with van der Waals surface area (Å²) in [4.78, 5) is 11.6. The van der Waals surface area contributed by atoms with Crippen molar-refractivity contribution < 1.29 is 27.9 Å². The summed E-state index contributed by atoms with van der Waals surface area (Å²) in [5.74, 6) is 0. The van der Waals surface area contributed by atoms with Crippen LogP contribution in [0.15, 0.2) is 121 Å². The molecule has 6 rings (SSSR count). The van der Waals surface area contributed by atoms with Crippen molar-refractivity contribution in [2.24, 2.45) is 0 Å². The largest absolute Gasteiger partial charge is 0.319 e. The van der Waals surface area contributed by atoms with Gasteiger partial charge in [0.2, 0.25) is 0 Å². The maximum atomic E-state index is 14.2. The molecule has 0 amide bonds. The Hall–Kier alpha value is -2.90. The minimum atomic E-state index is -3.20. The van der Waals surface area contributed by atoms with Gasteiger partial charge in [0.15, 0.2) is 0 Å². The number of piperidine rings is 2. The third kappa shape index (κ3) is 9.80. The molecule has 2 aliphatic rings. The highest BCUT2D eigenvalue weighted by Gasteiger charge is 2.50. The van der Waals surface area contributed by atoms with Gasteiger partial charge in [0, 0.05) is 43.4 Å². The zero-order chi connectivity index (χ0) is 40.1. The predicted molar refractivity (Wildman–Crippen MR) is 226 cm³/mol. The summed E-state index contributed by atoms with van der Waals surface area (Å²) in [6.45, 7) is 19.9. The Morgan fingerprint density at radius 1 is 0.491 bits per heavy atom. The zero-order valence-corrected chi connectivity index (χ0v) is 36.3. The van der Waals surface area contributed by atoms with E-state index in [0.717, 1.165) is 46.9 Å². The highest BCUT2D eigenvalue weighted by Crippen LogP contribution is 2.52. The van der Waals surface area contributed by atoms with Crippen molar-refractivity contribution in [3.63, 3.8) is 0 Å². The molecule has 0 bridgehead atoms. The number of hydrogen-bond acceptors (Lipinski definition) is 8. The summed E-state index contributed by atoms with van der Waals surface area (Å²) < 4.78 is 41.4. The monoisotopic (exact) mass is 788 g/mol. The van der Waals surface area contributed by atoms with Crippen LogP contribution in [0.1, 0.15) is 88.0 Å². The quantitative estimate of drug-likeness (QED) is 0.139. The van der Waals surface area contributed by atoms with Crippen molar-refractivity contribution >= 4 is 36.0 Å². The van der Waals surface area contributed by atoms with E-state index in [-0.39, 0.29) is 34.4 Å². The lowest BCUT2D eigenvalue weighted by atomic mass is 9.80. The molecule has 0 unspecified atom stereocenters. The molecular formula is C45H62N2O6P2. The second kappa shape index (κ2) is 17.3. The summed E-state index contributed by atoms with van der Waals surface area (Å²) in [5.41, 5.74) is -0.889. The van der Waals surface area contributed by atoms with Gasteiger partial charge in [-0.15, -0.1) is 0 Å². The van der Waals surface area contributed by atoms with Gasteiger partial charge in [0.25, 0.3) is 14.7 Å². The maximum Gasteiger partial charge on any atom is 0.261 e. The molecule has 298 valence electrons. The smallest absolute Gasteiger partial charge is 0.261 e. The van der Waals surface area contributed by atoms with Gasteiger partial charge in [-0.2, -0.15) is 10.1 Å². The number of nitrogens with zero attached hydrogens (tertiary/aromatic N) is 2. The summed E-state index contributed by atoms with van der Waals surface area (Å²) >= 11 is 0. The topological polar surface area (TPSA) is 77.5 Å². The minimum Gasteiger partial charge on any atom is -0.319 e. The van der Waals surface area contributed by atoms with Crippen LogP contribution < -0.4 is 21.2 Å². The maximum absolute atomic E-state index is 14.2. The first-order valence-corrected chi connectivity index (χ1v) is 22.7. The SMILES string of the molecule is CCON1C(C)(C)CC(OP(=O)(c2ccccc2)c2ccccc2)CC1(C)C.CON1C(C)(C)CC(OP(=O)(c2ccccc2)c2ccccc2)CC1(C)C. The van der Waals surface area contributed by atoms with E-state index in [1.807, 2.05) is 133 Å². The molecule has 2 aliphatic heterocycles. The van der Waals surface area contributed by atoms with E-state index in [1.165, 1.54) is 0 Å². The van der Waals surface area contributed by atoms with Crippen LogP contribution in [0.25, 0.3) is 0 Å². The van der Waals surface area contributed by atoms with E-state index >= 15 is 0 Å². The van der Waals surface area contributed by atoms with Gasteiger partial charge in [-0.3, -0.25) is 14.0 Å². The molecule has 0 atom stereocenters. The summed E-state index contributed by atoms with van der Waals surface area (Å²) in [7, 11) is -4.68. The van der Waals surface area contributed by atoms with Gasteiger partial charge >= 0.3 is 0 Å². The number of hydroxylamine groups is 4. The van der Waals surface area contributed by atoms with Crippen LogP contribution in [-0.2, 0) is 27.9 Å². The molecular weight excluding hydrogens is 726 g/mol. The van der Waals surface area contributed by atoms with Crippen LogP contribution in [0, 0.1) is 0 Å². The first kappa shape index (κ1) is 43.2. The van der Waals surface area contributed by atoms with Gasteiger partial charge in [0.1, 0.15) is 0 Å². The molecule has 55 heavy (non-hydrogen) atoms. The molecule has 0 aromatic heterocycles. The lowest BCUT2D eigenvalue weighted by Gasteiger charge is -2.53. The molecule has 0 saturated carbocycles. The van der Waals surface area contributed by atoms with Gasteiger partial charge in [-0.1, -0.05) is 72.8 Å². The molecule has 10 heteroatoms. The normalized spacial score (nSPS) is 20.3. The van der Waals surface area contributed by atoms with Crippen LogP contribution in [0.2, 0.25) is 0 Å². The average Bonchev–Trinajstić information content (AvgIpc) is 3.13. The molecule has 8 nitrogen and oxygen atoms in total. The molecule has 4 aromatic carbocycles. The van der Waals surface area contributed by atoms with Crippen LogP contribution in [0.3, 0.4) is 0 Å². The Morgan fingerprint density at radius 3 is 0.982 bits per heavy atom. The number of benzene rings is 4. The van der Waals surface area contributed by atoms with Crippen molar-refractivity contribution in [1.82, 2.24) is 10.1 Å². The van der Waals surface area contributed by atoms with Crippen LogP contribution in [0.4, 0.5) is 0 Å². The van der Waals surface area contributed by atoms with Crippen molar-refractivity contribution in [2.75, 3.05) is 13.7 Å². The second-order valence-corrected chi connectivity index (χ2v) is 21.8. The van der Waals surface area contributed by atoms with E-state index in [9.17, 15) is 9.13 Å². The Morgan fingerprint density at radius 2 is 0.745 bits per heavy atom. The lowest BCUT2D eigenvalue weighted by molar-refractivity contribution is -0.288. The van der Waals surface area contributed by atoms with E-state index in [0.29, 0.717) is 6.61 Å². The highest BCUT2D eigenvalue weighted by molar-refractivity contribution is 7.74. The van der Waals surface area contributed by atoms with Crippen molar-refractivity contribution in [3.8, 4) is 0 Å². The lowest BCUT2D eigenvalue weighted by Crippen LogP contribution is -2.61. The fourth-order valence-electron chi connectivity index (χ4n) is 8.92. The molecule has 2 heterocycles. The van der Waals surface area contributed by atoms with E-state index in [2.05, 4.69) is 60.5 Å². The summed E-state index contributed by atoms with van der Waals surface area (Å²) in [5, 5.41) is 7.08. The third-order valence-corrected chi connectivity index (χ3v) is 15.6.